The van der Waals surface area contributed by atoms with E-state index in [1.54, 1.807) is 0 Å². The third kappa shape index (κ3) is 4.02. The average molecular weight is 339 g/mol. The van der Waals surface area contributed by atoms with Crippen LogP contribution in [0, 0.1) is 0 Å². The summed E-state index contributed by atoms with van der Waals surface area (Å²) in [6.07, 6.45) is 0.718. The van der Waals surface area contributed by atoms with Crippen molar-refractivity contribution in [3.05, 3.63) is 34.9 Å². The standard InChI is InChI=1S/C16H23ClN4O2/c17-13-3-1-2-12(10-13)14-11-15(19-18-14)16(23)21-6-4-20(5-7-21)8-9-22/h1-3,10,14-15,18-19,22H,4-9,11H2. The molecule has 6 nitrogen and oxygen atoms in total. The fourth-order valence-corrected chi connectivity index (χ4v) is 3.41. The quantitative estimate of drug-likeness (QED) is 0.741. The third-order valence-corrected chi connectivity index (χ3v) is 4.79. The summed E-state index contributed by atoms with van der Waals surface area (Å²) in [5, 5.41) is 9.68. The lowest BCUT2D eigenvalue weighted by Gasteiger charge is -2.35. The van der Waals surface area contributed by atoms with E-state index in [4.69, 9.17) is 16.7 Å². The summed E-state index contributed by atoms with van der Waals surface area (Å²) < 4.78 is 0. The number of hydrogen-bond acceptors (Lipinski definition) is 5. The summed E-state index contributed by atoms with van der Waals surface area (Å²) in [6.45, 7) is 3.94. The first kappa shape index (κ1) is 16.7. The third-order valence-electron chi connectivity index (χ3n) is 4.55. The molecule has 1 amide bonds. The van der Waals surface area contributed by atoms with Gasteiger partial charge in [-0.25, -0.2) is 10.9 Å². The lowest BCUT2D eigenvalue weighted by molar-refractivity contribution is -0.135. The molecular weight excluding hydrogens is 316 g/mol. The average Bonchev–Trinajstić information content (AvgIpc) is 3.05. The number of rotatable bonds is 4. The van der Waals surface area contributed by atoms with E-state index in [0.29, 0.717) is 11.6 Å². The van der Waals surface area contributed by atoms with Crippen LogP contribution < -0.4 is 10.9 Å². The van der Waals surface area contributed by atoms with Crippen molar-refractivity contribution in [3.63, 3.8) is 0 Å². The molecule has 0 spiro atoms. The Morgan fingerprint density at radius 3 is 2.74 bits per heavy atom. The lowest BCUT2D eigenvalue weighted by Crippen LogP contribution is -2.53. The van der Waals surface area contributed by atoms with E-state index in [-0.39, 0.29) is 24.6 Å². The second kappa shape index (κ2) is 7.59. The minimum absolute atomic E-state index is 0.0957. The highest BCUT2D eigenvalue weighted by Crippen LogP contribution is 2.25. The van der Waals surface area contributed by atoms with Crippen LogP contribution in [0.3, 0.4) is 0 Å². The van der Waals surface area contributed by atoms with Crippen LogP contribution in [-0.2, 0) is 4.79 Å². The molecule has 2 atom stereocenters. The van der Waals surface area contributed by atoms with Crippen LogP contribution in [-0.4, -0.2) is 66.2 Å². The van der Waals surface area contributed by atoms with Gasteiger partial charge in [-0.15, -0.1) is 0 Å². The number of hydrazine groups is 1. The Balaban J connectivity index is 1.54. The summed E-state index contributed by atoms with van der Waals surface area (Å²) in [5.74, 6) is 0.144. The minimum atomic E-state index is -0.205. The van der Waals surface area contributed by atoms with Gasteiger partial charge in [-0.2, -0.15) is 0 Å². The molecule has 0 bridgehead atoms. The molecule has 2 aliphatic heterocycles. The van der Waals surface area contributed by atoms with Crippen molar-refractivity contribution in [2.24, 2.45) is 0 Å². The van der Waals surface area contributed by atoms with E-state index in [0.717, 1.165) is 38.2 Å². The maximum absolute atomic E-state index is 12.6. The topological polar surface area (TPSA) is 67.8 Å². The first-order valence-electron chi connectivity index (χ1n) is 8.06. The summed E-state index contributed by atoms with van der Waals surface area (Å²) in [6, 6.07) is 7.62. The van der Waals surface area contributed by atoms with E-state index < -0.39 is 0 Å². The van der Waals surface area contributed by atoms with Gasteiger partial charge >= 0.3 is 0 Å². The van der Waals surface area contributed by atoms with Crippen molar-refractivity contribution in [1.29, 1.82) is 0 Å². The number of aliphatic hydroxyl groups is 1. The van der Waals surface area contributed by atoms with Crippen LogP contribution in [0.5, 0.6) is 0 Å². The van der Waals surface area contributed by atoms with Gasteiger partial charge in [0.2, 0.25) is 5.91 Å². The van der Waals surface area contributed by atoms with E-state index >= 15 is 0 Å². The fraction of sp³-hybridized carbons (Fsp3) is 0.562. The Morgan fingerprint density at radius 1 is 1.26 bits per heavy atom. The molecule has 2 fully saturated rings. The number of carbonyl (C=O) groups excluding carboxylic acids is 1. The van der Waals surface area contributed by atoms with Crippen molar-refractivity contribution in [3.8, 4) is 0 Å². The number of β-amino-alcohol motifs (C(OH)–C–C–N with tert-alkyl or cyclic N) is 1. The Morgan fingerprint density at radius 2 is 2.04 bits per heavy atom. The molecule has 3 N–H and O–H groups in total. The van der Waals surface area contributed by atoms with E-state index in [9.17, 15) is 4.79 Å². The molecule has 2 heterocycles. The van der Waals surface area contributed by atoms with Crippen molar-refractivity contribution in [2.45, 2.75) is 18.5 Å². The summed E-state index contributed by atoms with van der Waals surface area (Å²) in [5.41, 5.74) is 7.41. The van der Waals surface area contributed by atoms with Gasteiger partial charge in [0.25, 0.3) is 0 Å². The number of aliphatic hydroxyl groups excluding tert-OH is 1. The molecule has 1 aromatic carbocycles. The predicted molar refractivity (Wildman–Crippen MR) is 89.0 cm³/mol. The number of nitrogens with one attached hydrogen (secondary N) is 2. The second-order valence-corrected chi connectivity index (χ2v) is 6.51. The van der Waals surface area contributed by atoms with Crippen molar-refractivity contribution in [2.75, 3.05) is 39.3 Å². The van der Waals surface area contributed by atoms with Crippen LogP contribution in [0.25, 0.3) is 0 Å². The maximum atomic E-state index is 12.6. The molecule has 0 aromatic heterocycles. The summed E-state index contributed by atoms with van der Waals surface area (Å²) in [7, 11) is 0. The van der Waals surface area contributed by atoms with Gasteiger partial charge in [-0.1, -0.05) is 23.7 Å². The number of halogens is 1. The number of nitrogens with zero attached hydrogens (tertiary/aromatic N) is 2. The first-order valence-corrected chi connectivity index (χ1v) is 8.43. The van der Waals surface area contributed by atoms with Crippen LogP contribution in [0.1, 0.15) is 18.0 Å². The monoisotopic (exact) mass is 338 g/mol. The maximum Gasteiger partial charge on any atom is 0.241 e. The van der Waals surface area contributed by atoms with Gasteiger partial charge in [0.1, 0.15) is 6.04 Å². The summed E-state index contributed by atoms with van der Waals surface area (Å²) in [4.78, 5) is 16.7. The molecule has 7 heteroatoms. The molecular formula is C16H23ClN4O2. The van der Waals surface area contributed by atoms with Gasteiger partial charge in [0.15, 0.2) is 0 Å². The summed E-state index contributed by atoms with van der Waals surface area (Å²) >= 11 is 6.04. The second-order valence-electron chi connectivity index (χ2n) is 6.08. The van der Waals surface area contributed by atoms with Crippen LogP contribution in [0.4, 0.5) is 0 Å². The van der Waals surface area contributed by atoms with Crippen molar-refractivity contribution in [1.82, 2.24) is 20.7 Å². The van der Waals surface area contributed by atoms with Crippen molar-refractivity contribution >= 4 is 17.5 Å². The largest absolute Gasteiger partial charge is 0.395 e. The molecule has 0 radical (unpaired) electrons. The zero-order valence-electron chi connectivity index (χ0n) is 13.0. The fourth-order valence-electron chi connectivity index (χ4n) is 3.21. The van der Waals surface area contributed by atoms with Crippen molar-refractivity contribution < 1.29 is 9.90 Å². The van der Waals surface area contributed by atoms with E-state index in [1.165, 1.54) is 0 Å². The Labute approximate surface area is 141 Å². The Kier molecular flexibility index (Phi) is 5.50. The Hall–Kier alpha value is -1.18. The van der Waals surface area contributed by atoms with Gasteiger partial charge in [0.05, 0.1) is 6.61 Å². The first-order chi connectivity index (χ1) is 11.2. The highest BCUT2D eigenvalue weighted by molar-refractivity contribution is 6.30. The van der Waals surface area contributed by atoms with Crippen LogP contribution >= 0.6 is 11.6 Å². The molecule has 0 saturated carbocycles. The molecule has 126 valence electrons. The molecule has 3 rings (SSSR count). The molecule has 23 heavy (non-hydrogen) atoms. The number of hydrogen-bond donors (Lipinski definition) is 3. The van der Waals surface area contributed by atoms with Crippen LogP contribution in [0.15, 0.2) is 24.3 Å². The van der Waals surface area contributed by atoms with Crippen LogP contribution in [0.2, 0.25) is 5.02 Å². The predicted octanol–water partition coefficient (Wildman–Crippen LogP) is 0.384. The Bertz CT molecular complexity index is 549. The van der Waals surface area contributed by atoms with Gasteiger partial charge in [-0.3, -0.25) is 9.69 Å². The highest BCUT2D eigenvalue weighted by Gasteiger charge is 2.34. The molecule has 2 saturated heterocycles. The zero-order valence-corrected chi connectivity index (χ0v) is 13.8. The SMILES string of the molecule is O=C(C1CC(c2cccc(Cl)c2)NN1)N1CCN(CCO)CC1. The van der Waals surface area contributed by atoms with Gasteiger partial charge in [-0.05, 0) is 24.1 Å². The minimum Gasteiger partial charge on any atom is -0.395 e. The normalized spacial score (nSPS) is 25.7. The zero-order chi connectivity index (χ0) is 16.2. The molecule has 0 aliphatic carbocycles. The molecule has 1 aromatic rings. The number of benzene rings is 1. The smallest absolute Gasteiger partial charge is 0.241 e. The molecule has 2 aliphatic rings. The number of carbonyl (C=O) groups is 1. The number of piperazine rings is 1. The highest BCUT2D eigenvalue weighted by atomic mass is 35.5. The molecule has 2 unspecified atom stereocenters. The van der Waals surface area contributed by atoms with E-state index in [2.05, 4.69) is 15.8 Å². The lowest BCUT2D eigenvalue weighted by atomic mass is 10.0. The van der Waals surface area contributed by atoms with Gasteiger partial charge in [0, 0.05) is 43.8 Å². The van der Waals surface area contributed by atoms with Gasteiger partial charge < -0.3 is 10.0 Å². The number of amides is 1. The van der Waals surface area contributed by atoms with E-state index in [1.807, 2.05) is 29.2 Å².